The average Bonchev–Trinajstić information content (AvgIpc) is 3.47. The number of furan rings is 1. The zero-order valence-corrected chi connectivity index (χ0v) is 16.7. The Morgan fingerprint density at radius 2 is 1.84 bits per heavy atom. The van der Waals surface area contributed by atoms with Gasteiger partial charge in [-0.15, -0.1) is 0 Å². The lowest BCUT2D eigenvalue weighted by molar-refractivity contribution is -0.118. The van der Waals surface area contributed by atoms with Gasteiger partial charge in [0.1, 0.15) is 5.75 Å². The van der Waals surface area contributed by atoms with Crippen LogP contribution in [0.2, 0.25) is 0 Å². The summed E-state index contributed by atoms with van der Waals surface area (Å²) in [6.45, 7) is 0.474. The first-order valence-corrected chi connectivity index (χ1v) is 10.1. The minimum absolute atomic E-state index is 0.107. The summed E-state index contributed by atoms with van der Waals surface area (Å²) in [5.41, 5.74) is 2.46. The number of nitrogens with one attached hydrogen (secondary N) is 1. The van der Waals surface area contributed by atoms with Gasteiger partial charge in [-0.25, -0.2) is 0 Å². The number of carbonyl (C=O) groups is 2. The maximum Gasteiger partial charge on any atom is 0.293 e. The van der Waals surface area contributed by atoms with Crippen LogP contribution in [0.25, 0.3) is 10.8 Å². The molecule has 0 bridgehead atoms. The topological polar surface area (TPSA) is 71.8 Å². The van der Waals surface area contributed by atoms with Crippen molar-refractivity contribution >= 4 is 34.0 Å². The van der Waals surface area contributed by atoms with Gasteiger partial charge < -0.3 is 19.4 Å². The van der Waals surface area contributed by atoms with Crippen molar-refractivity contribution in [2.45, 2.75) is 6.42 Å². The molecule has 0 fully saturated rings. The Hall–Kier alpha value is -4.06. The second kappa shape index (κ2) is 7.99. The van der Waals surface area contributed by atoms with Gasteiger partial charge in [0.05, 0.1) is 6.26 Å². The number of benzene rings is 3. The van der Waals surface area contributed by atoms with E-state index >= 15 is 0 Å². The molecule has 3 aromatic carbocycles. The van der Waals surface area contributed by atoms with E-state index in [1.807, 2.05) is 60.7 Å². The Morgan fingerprint density at radius 1 is 0.968 bits per heavy atom. The van der Waals surface area contributed by atoms with Gasteiger partial charge in [-0.2, -0.15) is 0 Å². The molecular formula is C25H20N2O4. The van der Waals surface area contributed by atoms with Gasteiger partial charge in [0.15, 0.2) is 12.4 Å². The first-order chi connectivity index (χ1) is 15.2. The second-order valence-electron chi connectivity index (χ2n) is 7.37. The standard InChI is InChI=1S/C25H20N2O4/c28-24(16-31-21-10-8-17-4-1-2-5-19(17)14-21)26-20-9-7-18-11-12-27(22(18)15-20)25(29)23-6-3-13-30-23/h1-10,13-15H,11-12,16H2,(H,26,28). The van der Waals surface area contributed by atoms with Crippen molar-refractivity contribution in [1.82, 2.24) is 0 Å². The van der Waals surface area contributed by atoms with Crippen LogP contribution < -0.4 is 15.0 Å². The summed E-state index contributed by atoms with van der Waals surface area (Å²) in [6, 6.07) is 22.6. The van der Waals surface area contributed by atoms with E-state index in [1.165, 1.54) is 6.26 Å². The number of anilines is 2. The highest BCUT2D eigenvalue weighted by Crippen LogP contribution is 2.32. The van der Waals surface area contributed by atoms with Crippen LogP contribution in [0.5, 0.6) is 5.75 Å². The van der Waals surface area contributed by atoms with Gasteiger partial charge in [0.25, 0.3) is 11.8 Å². The van der Waals surface area contributed by atoms with E-state index in [1.54, 1.807) is 17.0 Å². The summed E-state index contributed by atoms with van der Waals surface area (Å²) >= 11 is 0. The van der Waals surface area contributed by atoms with E-state index < -0.39 is 0 Å². The van der Waals surface area contributed by atoms with Crippen molar-refractivity contribution in [3.63, 3.8) is 0 Å². The number of hydrogen-bond donors (Lipinski definition) is 1. The largest absolute Gasteiger partial charge is 0.484 e. The van der Waals surface area contributed by atoms with E-state index in [0.29, 0.717) is 23.7 Å². The average molecular weight is 412 g/mol. The summed E-state index contributed by atoms with van der Waals surface area (Å²) in [5, 5.41) is 5.02. The fraction of sp³-hybridized carbons (Fsp3) is 0.120. The van der Waals surface area contributed by atoms with Gasteiger partial charge >= 0.3 is 0 Å². The number of hydrogen-bond acceptors (Lipinski definition) is 4. The maximum atomic E-state index is 12.7. The van der Waals surface area contributed by atoms with Crippen molar-refractivity contribution < 1.29 is 18.7 Å². The molecule has 1 aromatic heterocycles. The lowest BCUT2D eigenvalue weighted by atomic mass is 10.1. The van der Waals surface area contributed by atoms with E-state index in [9.17, 15) is 9.59 Å². The predicted molar refractivity (Wildman–Crippen MR) is 119 cm³/mol. The summed E-state index contributed by atoms with van der Waals surface area (Å²) in [5.74, 6) is 0.478. The summed E-state index contributed by atoms with van der Waals surface area (Å²) in [7, 11) is 0. The summed E-state index contributed by atoms with van der Waals surface area (Å²) < 4.78 is 10.9. The van der Waals surface area contributed by atoms with Crippen LogP contribution in [0.1, 0.15) is 16.1 Å². The Labute approximate surface area is 179 Å². The molecule has 4 aromatic rings. The Balaban J connectivity index is 1.25. The Bertz CT molecular complexity index is 1260. The second-order valence-corrected chi connectivity index (χ2v) is 7.37. The molecule has 6 heteroatoms. The molecule has 31 heavy (non-hydrogen) atoms. The van der Waals surface area contributed by atoms with E-state index in [0.717, 1.165) is 28.4 Å². The maximum absolute atomic E-state index is 12.7. The minimum atomic E-state index is -0.269. The SMILES string of the molecule is O=C(COc1ccc2ccccc2c1)Nc1ccc2c(c1)N(C(=O)c1ccco1)CC2. The van der Waals surface area contributed by atoms with Crippen molar-refractivity contribution in [3.05, 3.63) is 90.4 Å². The normalized spacial score (nSPS) is 12.6. The third-order valence-electron chi connectivity index (χ3n) is 5.33. The molecule has 1 aliphatic rings. The van der Waals surface area contributed by atoms with Crippen LogP contribution in [0.3, 0.4) is 0 Å². The molecule has 2 heterocycles. The highest BCUT2D eigenvalue weighted by Gasteiger charge is 2.27. The molecule has 2 amide bonds. The van der Waals surface area contributed by atoms with Gasteiger partial charge in [0.2, 0.25) is 0 Å². The quantitative estimate of drug-likeness (QED) is 0.518. The molecule has 0 atom stereocenters. The molecule has 0 saturated heterocycles. The van der Waals surface area contributed by atoms with Crippen molar-refractivity contribution in [2.75, 3.05) is 23.4 Å². The fourth-order valence-electron chi connectivity index (χ4n) is 3.80. The van der Waals surface area contributed by atoms with Crippen molar-refractivity contribution in [3.8, 4) is 5.75 Å². The lowest BCUT2D eigenvalue weighted by Crippen LogP contribution is -2.28. The van der Waals surface area contributed by atoms with Crippen LogP contribution in [0.4, 0.5) is 11.4 Å². The third-order valence-corrected chi connectivity index (χ3v) is 5.33. The van der Waals surface area contributed by atoms with Crippen LogP contribution in [-0.2, 0) is 11.2 Å². The zero-order chi connectivity index (χ0) is 21.2. The van der Waals surface area contributed by atoms with E-state index in [2.05, 4.69) is 5.32 Å². The van der Waals surface area contributed by atoms with Crippen LogP contribution >= 0.6 is 0 Å². The highest BCUT2D eigenvalue weighted by molar-refractivity contribution is 6.06. The van der Waals surface area contributed by atoms with Gasteiger partial charge in [-0.1, -0.05) is 36.4 Å². The number of amides is 2. The highest BCUT2D eigenvalue weighted by atomic mass is 16.5. The molecule has 0 aliphatic carbocycles. The van der Waals surface area contributed by atoms with Crippen LogP contribution in [0, 0.1) is 0 Å². The molecule has 0 unspecified atom stereocenters. The molecule has 5 rings (SSSR count). The number of rotatable bonds is 5. The van der Waals surface area contributed by atoms with E-state index in [-0.39, 0.29) is 18.4 Å². The first-order valence-electron chi connectivity index (χ1n) is 10.1. The summed E-state index contributed by atoms with van der Waals surface area (Å²) in [4.78, 5) is 26.8. The Morgan fingerprint density at radius 3 is 2.68 bits per heavy atom. The van der Waals surface area contributed by atoms with Crippen LogP contribution in [0.15, 0.2) is 83.5 Å². The van der Waals surface area contributed by atoms with Gasteiger partial charge in [-0.05, 0) is 59.2 Å². The van der Waals surface area contributed by atoms with E-state index in [4.69, 9.17) is 9.15 Å². The number of ether oxygens (including phenoxy) is 1. The third kappa shape index (κ3) is 3.88. The molecular weight excluding hydrogens is 392 g/mol. The lowest BCUT2D eigenvalue weighted by Gasteiger charge is -2.17. The first kappa shape index (κ1) is 18.9. The number of nitrogens with zero attached hydrogens (tertiary/aromatic N) is 1. The molecule has 0 radical (unpaired) electrons. The number of carbonyl (C=O) groups excluding carboxylic acids is 2. The molecule has 6 nitrogen and oxygen atoms in total. The van der Waals surface area contributed by atoms with Crippen LogP contribution in [-0.4, -0.2) is 25.0 Å². The molecule has 0 saturated carbocycles. The van der Waals surface area contributed by atoms with Crippen molar-refractivity contribution in [1.29, 1.82) is 0 Å². The van der Waals surface area contributed by atoms with Crippen molar-refractivity contribution in [2.24, 2.45) is 0 Å². The zero-order valence-electron chi connectivity index (χ0n) is 16.7. The number of fused-ring (bicyclic) bond motifs is 2. The molecule has 154 valence electrons. The summed E-state index contributed by atoms with van der Waals surface area (Å²) in [6.07, 6.45) is 2.25. The molecule has 1 N–H and O–H groups in total. The molecule has 1 aliphatic heterocycles. The van der Waals surface area contributed by atoms with Gasteiger partial charge in [-0.3, -0.25) is 9.59 Å². The fourth-order valence-corrected chi connectivity index (χ4v) is 3.80. The smallest absolute Gasteiger partial charge is 0.293 e. The van der Waals surface area contributed by atoms with Gasteiger partial charge in [0, 0.05) is 17.9 Å². The Kier molecular flexibility index (Phi) is 4.88. The molecule has 0 spiro atoms. The minimum Gasteiger partial charge on any atom is -0.484 e. The predicted octanol–water partition coefficient (Wildman–Crippen LogP) is 4.65. The monoisotopic (exact) mass is 412 g/mol.